The minimum absolute atomic E-state index is 0.0195. The first-order chi connectivity index (χ1) is 11.7. The average Bonchev–Trinajstić information content (AvgIpc) is 2.81. The molecule has 3 aliphatic rings. The van der Waals surface area contributed by atoms with Gasteiger partial charge in [0.15, 0.2) is 5.82 Å². The van der Waals surface area contributed by atoms with Gasteiger partial charge < -0.3 is 5.32 Å². The van der Waals surface area contributed by atoms with E-state index >= 15 is 0 Å². The number of hydrogen-bond acceptors (Lipinski definition) is 4. The van der Waals surface area contributed by atoms with E-state index in [2.05, 4.69) is 20.2 Å². The second-order valence-corrected chi connectivity index (χ2v) is 6.70. The molecule has 3 saturated heterocycles. The highest BCUT2D eigenvalue weighted by molar-refractivity contribution is 6.32. The van der Waals surface area contributed by atoms with Crippen molar-refractivity contribution in [2.45, 2.75) is 12.5 Å². The second kappa shape index (κ2) is 6.55. The Morgan fingerprint density at radius 1 is 1.17 bits per heavy atom. The third kappa shape index (κ3) is 3.05. The summed E-state index contributed by atoms with van der Waals surface area (Å²) in [6.45, 7) is 4.90. The zero-order valence-electron chi connectivity index (χ0n) is 13.4. The van der Waals surface area contributed by atoms with Crippen molar-refractivity contribution in [3.05, 3.63) is 41.6 Å². The number of aromatic nitrogens is 2. The number of carbonyl (C=O) groups is 1. The predicted molar refractivity (Wildman–Crippen MR) is 93.6 cm³/mol. The molecule has 3 unspecified atom stereocenters. The molecule has 1 aromatic carbocycles. The Bertz CT molecular complexity index is 742. The van der Waals surface area contributed by atoms with Gasteiger partial charge >= 0.3 is 0 Å². The van der Waals surface area contributed by atoms with Crippen molar-refractivity contribution in [3.8, 4) is 5.69 Å². The van der Waals surface area contributed by atoms with E-state index in [1.807, 2.05) is 24.3 Å². The average molecular weight is 346 g/mol. The Kier molecular flexibility index (Phi) is 4.26. The summed E-state index contributed by atoms with van der Waals surface area (Å²) in [6, 6.07) is 9.21. The third-order valence-electron chi connectivity index (χ3n) is 4.74. The molecule has 24 heavy (non-hydrogen) atoms. The SMILES string of the molecule is O=C(Nc1ccn(-c2ccccc2Cl)n1)C1CN2CCCN1CC2. The summed E-state index contributed by atoms with van der Waals surface area (Å²) >= 11 is 6.20. The highest BCUT2D eigenvalue weighted by Crippen LogP contribution is 2.21. The number of fused-ring (bicyclic) bond motifs is 4. The molecule has 0 aliphatic carbocycles. The van der Waals surface area contributed by atoms with Crippen LogP contribution in [0.3, 0.4) is 0 Å². The minimum Gasteiger partial charge on any atom is -0.308 e. The molecule has 4 heterocycles. The zero-order valence-corrected chi connectivity index (χ0v) is 14.1. The lowest BCUT2D eigenvalue weighted by Gasteiger charge is -2.36. The number of para-hydroxylation sites is 1. The third-order valence-corrected chi connectivity index (χ3v) is 5.06. The van der Waals surface area contributed by atoms with Crippen LogP contribution in [0.15, 0.2) is 36.5 Å². The second-order valence-electron chi connectivity index (χ2n) is 6.29. The fourth-order valence-electron chi connectivity index (χ4n) is 3.47. The van der Waals surface area contributed by atoms with Crippen LogP contribution in [0.25, 0.3) is 5.69 Å². The van der Waals surface area contributed by atoms with Gasteiger partial charge in [0.1, 0.15) is 6.04 Å². The van der Waals surface area contributed by atoms with Crippen LogP contribution in [0.2, 0.25) is 5.02 Å². The van der Waals surface area contributed by atoms with Crippen molar-refractivity contribution < 1.29 is 4.79 Å². The lowest BCUT2D eigenvalue weighted by atomic mass is 10.1. The Morgan fingerprint density at radius 2 is 2.04 bits per heavy atom. The van der Waals surface area contributed by atoms with Crippen LogP contribution >= 0.6 is 11.6 Å². The maximum atomic E-state index is 12.7. The molecule has 2 bridgehead atoms. The summed E-state index contributed by atoms with van der Waals surface area (Å²) in [5, 5.41) is 8.00. The quantitative estimate of drug-likeness (QED) is 0.922. The van der Waals surface area contributed by atoms with Crippen LogP contribution in [0.1, 0.15) is 6.42 Å². The fourth-order valence-corrected chi connectivity index (χ4v) is 3.69. The van der Waals surface area contributed by atoms with Gasteiger partial charge in [-0.25, -0.2) is 4.68 Å². The fraction of sp³-hybridized carbons (Fsp3) is 0.412. The number of carbonyl (C=O) groups excluding carboxylic acids is 1. The van der Waals surface area contributed by atoms with Gasteiger partial charge in [0.25, 0.3) is 0 Å². The van der Waals surface area contributed by atoms with Gasteiger partial charge in [0.2, 0.25) is 5.91 Å². The Hall–Kier alpha value is -1.89. The van der Waals surface area contributed by atoms with Gasteiger partial charge in [-0.2, -0.15) is 5.10 Å². The van der Waals surface area contributed by atoms with Crippen LogP contribution in [0.5, 0.6) is 0 Å². The molecule has 6 nitrogen and oxygen atoms in total. The van der Waals surface area contributed by atoms with E-state index in [9.17, 15) is 4.79 Å². The largest absolute Gasteiger partial charge is 0.308 e. The van der Waals surface area contributed by atoms with Crippen molar-refractivity contribution in [1.82, 2.24) is 19.6 Å². The van der Waals surface area contributed by atoms with E-state index in [0.717, 1.165) is 44.8 Å². The van der Waals surface area contributed by atoms with Crippen LogP contribution in [0, 0.1) is 0 Å². The number of nitrogens with one attached hydrogen (secondary N) is 1. The van der Waals surface area contributed by atoms with Gasteiger partial charge in [-0.05, 0) is 25.1 Å². The van der Waals surface area contributed by atoms with Gasteiger partial charge in [-0.15, -0.1) is 0 Å². The highest BCUT2D eigenvalue weighted by atomic mass is 35.5. The van der Waals surface area contributed by atoms with Crippen LogP contribution in [-0.2, 0) is 4.79 Å². The van der Waals surface area contributed by atoms with Gasteiger partial charge in [-0.3, -0.25) is 14.6 Å². The number of rotatable bonds is 3. The summed E-state index contributed by atoms with van der Waals surface area (Å²) in [5.41, 5.74) is 0.794. The molecule has 0 radical (unpaired) electrons. The molecule has 7 heteroatoms. The first kappa shape index (κ1) is 15.6. The number of nitrogens with zero attached hydrogens (tertiary/aromatic N) is 4. The number of piperazine rings is 1. The summed E-state index contributed by atoms with van der Waals surface area (Å²) < 4.78 is 1.68. The highest BCUT2D eigenvalue weighted by Gasteiger charge is 2.34. The Balaban J connectivity index is 1.48. The lowest BCUT2D eigenvalue weighted by Crippen LogP contribution is -2.55. The Labute approximate surface area is 146 Å². The molecule has 126 valence electrons. The predicted octanol–water partition coefficient (Wildman–Crippen LogP) is 1.85. The standard InChI is InChI=1S/C17H20ClN5O/c18-13-4-1-2-5-14(13)23-9-6-16(20-23)19-17(24)15-12-21-7-3-8-22(15)11-10-21/h1-2,4-6,9,15H,3,7-8,10-12H2,(H,19,20,24). The molecule has 3 fully saturated rings. The minimum atomic E-state index is -0.0910. The molecular formula is C17H20ClN5O. The summed E-state index contributed by atoms with van der Waals surface area (Å²) in [4.78, 5) is 17.3. The lowest BCUT2D eigenvalue weighted by molar-refractivity contribution is -0.122. The van der Waals surface area contributed by atoms with E-state index in [4.69, 9.17) is 11.6 Å². The van der Waals surface area contributed by atoms with Crippen molar-refractivity contribution in [3.63, 3.8) is 0 Å². The van der Waals surface area contributed by atoms with E-state index in [-0.39, 0.29) is 11.9 Å². The summed E-state index contributed by atoms with van der Waals surface area (Å²) in [6.07, 6.45) is 2.94. The smallest absolute Gasteiger partial charge is 0.244 e. The molecule has 3 atom stereocenters. The summed E-state index contributed by atoms with van der Waals surface area (Å²) in [5.74, 6) is 0.572. The maximum Gasteiger partial charge on any atom is 0.244 e. The van der Waals surface area contributed by atoms with E-state index in [0.29, 0.717) is 10.8 Å². The van der Waals surface area contributed by atoms with Gasteiger partial charge in [0.05, 0.1) is 10.7 Å². The number of amides is 1. The molecule has 2 aromatic rings. The first-order valence-corrected chi connectivity index (χ1v) is 8.66. The molecular weight excluding hydrogens is 326 g/mol. The molecule has 0 saturated carbocycles. The van der Waals surface area contributed by atoms with Crippen LogP contribution in [0.4, 0.5) is 5.82 Å². The van der Waals surface area contributed by atoms with Crippen molar-refractivity contribution in [2.24, 2.45) is 0 Å². The molecule has 3 aliphatic heterocycles. The molecule has 0 spiro atoms. The number of halogens is 1. The van der Waals surface area contributed by atoms with Crippen molar-refractivity contribution in [2.75, 3.05) is 38.0 Å². The van der Waals surface area contributed by atoms with Gasteiger partial charge in [0, 0.05) is 38.4 Å². The molecule has 1 aromatic heterocycles. The van der Waals surface area contributed by atoms with Crippen LogP contribution in [-0.4, -0.2) is 64.3 Å². The first-order valence-electron chi connectivity index (χ1n) is 8.28. The molecule has 5 rings (SSSR count). The Morgan fingerprint density at radius 3 is 2.92 bits per heavy atom. The number of anilines is 1. The maximum absolute atomic E-state index is 12.7. The van der Waals surface area contributed by atoms with E-state index in [1.54, 1.807) is 16.9 Å². The van der Waals surface area contributed by atoms with Gasteiger partial charge in [-0.1, -0.05) is 23.7 Å². The number of benzene rings is 1. The topological polar surface area (TPSA) is 53.4 Å². The van der Waals surface area contributed by atoms with E-state index < -0.39 is 0 Å². The van der Waals surface area contributed by atoms with Crippen molar-refractivity contribution in [1.29, 1.82) is 0 Å². The van der Waals surface area contributed by atoms with Crippen LogP contribution < -0.4 is 5.32 Å². The monoisotopic (exact) mass is 345 g/mol. The summed E-state index contributed by atoms with van der Waals surface area (Å²) in [7, 11) is 0. The van der Waals surface area contributed by atoms with Crippen molar-refractivity contribution >= 4 is 23.3 Å². The molecule has 1 N–H and O–H groups in total. The number of hydrogen-bond donors (Lipinski definition) is 1. The van der Waals surface area contributed by atoms with E-state index in [1.165, 1.54) is 0 Å². The zero-order chi connectivity index (χ0) is 16.5. The molecule has 1 amide bonds. The normalized spacial score (nSPS) is 26.1.